The second kappa shape index (κ2) is 6.24. The molecule has 0 fully saturated rings. The van der Waals surface area contributed by atoms with Crippen LogP contribution in [0.25, 0.3) is 0 Å². The quantitative estimate of drug-likeness (QED) is 0.843. The van der Waals surface area contributed by atoms with Crippen LogP contribution in [0.15, 0.2) is 47.6 Å². The highest BCUT2D eigenvalue weighted by Gasteiger charge is 2.34. The Morgan fingerprint density at radius 1 is 1.20 bits per heavy atom. The molecule has 2 heterocycles. The number of anilines is 1. The average Bonchev–Trinajstić information content (AvgIpc) is 2.80. The summed E-state index contributed by atoms with van der Waals surface area (Å²) in [7, 11) is 1.62. The predicted molar refractivity (Wildman–Crippen MR) is 96.4 cm³/mol. The Hall–Kier alpha value is -2.82. The first-order chi connectivity index (χ1) is 12.2. The number of hydrazone groups is 1. The third-order valence-electron chi connectivity index (χ3n) is 4.70. The fourth-order valence-corrected chi connectivity index (χ4v) is 3.36. The van der Waals surface area contributed by atoms with Crippen LogP contribution in [-0.4, -0.2) is 25.3 Å². The summed E-state index contributed by atoms with van der Waals surface area (Å²) in [6.45, 7) is 2.66. The summed E-state index contributed by atoms with van der Waals surface area (Å²) >= 11 is 0. The minimum atomic E-state index is 0.00928. The van der Waals surface area contributed by atoms with Gasteiger partial charge in [-0.25, -0.2) is 5.01 Å². The third kappa shape index (κ3) is 2.86. The first-order valence-corrected chi connectivity index (χ1v) is 8.45. The number of fused-ring (bicyclic) bond motifs is 3. The molecule has 2 aliphatic rings. The van der Waals surface area contributed by atoms with Gasteiger partial charge in [0, 0.05) is 17.9 Å². The first-order valence-electron chi connectivity index (χ1n) is 8.45. The monoisotopic (exact) mass is 336 g/mol. The fourth-order valence-electron chi connectivity index (χ4n) is 3.36. The fraction of sp³-hybridized carbons (Fsp3) is 0.300. The van der Waals surface area contributed by atoms with E-state index in [1.165, 1.54) is 5.01 Å². The topological polar surface area (TPSA) is 51.1 Å². The molecule has 1 amide bonds. The molecule has 0 saturated carbocycles. The van der Waals surface area contributed by atoms with E-state index in [1.807, 2.05) is 36.4 Å². The number of carbonyl (C=O) groups excluding carboxylic acids is 1. The lowest BCUT2D eigenvalue weighted by Gasteiger charge is -2.28. The molecule has 5 nitrogen and oxygen atoms in total. The largest absolute Gasteiger partial charge is 0.497 e. The Bertz CT molecular complexity index is 843. The zero-order valence-electron chi connectivity index (χ0n) is 14.4. The van der Waals surface area contributed by atoms with Gasteiger partial charge >= 0.3 is 0 Å². The van der Waals surface area contributed by atoms with E-state index in [9.17, 15) is 4.79 Å². The molecule has 128 valence electrons. The minimum absolute atomic E-state index is 0.00928. The third-order valence-corrected chi connectivity index (χ3v) is 4.70. The number of carbonyl (C=O) groups is 1. The maximum atomic E-state index is 12.6. The van der Waals surface area contributed by atoms with Crippen molar-refractivity contribution in [3.63, 3.8) is 0 Å². The first kappa shape index (κ1) is 15.7. The summed E-state index contributed by atoms with van der Waals surface area (Å²) in [6, 6.07) is 13.5. The van der Waals surface area contributed by atoms with Crippen LogP contribution < -0.4 is 14.5 Å². The van der Waals surface area contributed by atoms with Crippen molar-refractivity contribution in [3.05, 3.63) is 53.6 Å². The van der Waals surface area contributed by atoms with Gasteiger partial charge in [0.2, 0.25) is 5.91 Å². The normalized spacial score (nSPS) is 19.3. The number of benzene rings is 2. The van der Waals surface area contributed by atoms with E-state index >= 15 is 0 Å². The lowest BCUT2D eigenvalue weighted by Crippen LogP contribution is -2.37. The van der Waals surface area contributed by atoms with Crippen molar-refractivity contribution >= 4 is 17.3 Å². The number of ether oxygens (including phenoxy) is 2. The molecule has 2 aromatic rings. The molecule has 0 N–H and O–H groups in total. The van der Waals surface area contributed by atoms with Crippen LogP contribution in [0.2, 0.25) is 0 Å². The van der Waals surface area contributed by atoms with Gasteiger partial charge in [0.15, 0.2) is 0 Å². The number of methoxy groups -OCH3 is 1. The summed E-state index contributed by atoms with van der Waals surface area (Å²) in [5.74, 6) is 1.71. The number of hydrogen-bond acceptors (Lipinski definition) is 4. The Balaban J connectivity index is 1.79. The van der Waals surface area contributed by atoms with E-state index in [2.05, 4.69) is 13.0 Å². The van der Waals surface area contributed by atoms with Crippen molar-refractivity contribution in [1.29, 1.82) is 0 Å². The molecule has 0 aliphatic carbocycles. The van der Waals surface area contributed by atoms with Gasteiger partial charge in [-0.1, -0.05) is 11.6 Å². The molecule has 1 unspecified atom stereocenters. The van der Waals surface area contributed by atoms with Gasteiger partial charge in [-0.2, -0.15) is 5.10 Å². The Labute approximate surface area is 146 Å². The summed E-state index contributed by atoms with van der Waals surface area (Å²) < 4.78 is 11.1. The van der Waals surface area contributed by atoms with Crippen LogP contribution in [0.4, 0.5) is 5.69 Å². The Morgan fingerprint density at radius 3 is 2.76 bits per heavy atom. The van der Waals surface area contributed by atoms with Crippen molar-refractivity contribution in [2.75, 3.05) is 18.7 Å². The molecule has 1 atom stereocenters. The molecule has 2 aromatic carbocycles. The number of rotatable bonds is 2. The van der Waals surface area contributed by atoms with Gasteiger partial charge in [0.25, 0.3) is 0 Å². The molecule has 0 aromatic heterocycles. The van der Waals surface area contributed by atoms with Crippen LogP contribution in [0.1, 0.15) is 24.0 Å². The summed E-state index contributed by atoms with van der Waals surface area (Å²) in [5, 5.41) is 6.24. The van der Waals surface area contributed by atoms with Crippen LogP contribution in [0, 0.1) is 12.8 Å². The molecular formula is C20H20N2O3. The molecular weight excluding hydrogens is 316 g/mol. The maximum Gasteiger partial charge on any atom is 0.248 e. The van der Waals surface area contributed by atoms with Crippen LogP contribution >= 0.6 is 0 Å². The molecule has 25 heavy (non-hydrogen) atoms. The summed E-state index contributed by atoms with van der Waals surface area (Å²) in [4.78, 5) is 12.6. The second-order valence-electron chi connectivity index (χ2n) is 6.43. The van der Waals surface area contributed by atoms with Crippen molar-refractivity contribution in [3.8, 4) is 11.5 Å². The maximum absolute atomic E-state index is 12.6. The van der Waals surface area contributed by atoms with Gasteiger partial charge in [0.1, 0.15) is 11.5 Å². The number of aryl methyl sites for hydroxylation is 1. The van der Waals surface area contributed by atoms with Crippen LogP contribution in [-0.2, 0) is 4.79 Å². The molecule has 0 bridgehead atoms. The molecule has 5 heteroatoms. The SMILES string of the molecule is COc1ccc(N2N=C3c4cc(C)ccc4OCCC3CC2=O)cc1. The highest BCUT2D eigenvalue weighted by Crippen LogP contribution is 2.34. The Morgan fingerprint density at radius 2 is 2.00 bits per heavy atom. The minimum Gasteiger partial charge on any atom is -0.497 e. The zero-order chi connectivity index (χ0) is 17.4. The average molecular weight is 336 g/mol. The van der Waals surface area contributed by atoms with Gasteiger partial charge in [-0.15, -0.1) is 0 Å². The highest BCUT2D eigenvalue weighted by atomic mass is 16.5. The number of amides is 1. The standard InChI is InChI=1S/C20H20N2O3/c1-13-3-8-18-17(11-13)20-14(9-10-25-18)12-19(23)22(21-20)15-4-6-16(24-2)7-5-15/h3-8,11,14H,9-10,12H2,1-2H3. The molecule has 0 spiro atoms. The molecule has 0 saturated heterocycles. The van der Waals surface area contributed by atoms with E-state index in [0.29, 0.717) is 13.0 Å². The van der Waals surface area contributed by atoms with E-state index in [0.717, 1.165) is 40.4 Å². The van der Waals surface area contributed by atoms with Crippen molar-refractivity contribution in [2.24, 2.45) is 11.0 Å². The van der Waals surface area contributed by atoms with Crippen molar-refractivity contribution < 1.29 is 14.3 Å². The summed E-state index contributed by atoms with van der Waals surface area (Å²) in [6.07, 6.45) is 1.25. The van der Waals surface area contributed by atoms with Crippen molar-refractivity contribution in [2.45, 2.75) is 19.8 Å². The highest BCUT2D eigenvalue weighted by molar-refractivity contribution is 6.11. The van der Waals surface area contributed by atoms with Crippen LogP contribution in [0.3, 0.4) is 0 Å². The Kier molecular flexibility index (Phi) is 3.92. The number of nitrogens with zero attached hydrogens (tertiary/aromatic N) is 2. The van der Waals surface area contributed by atoms with E-state index in [1.54, 1.807) is 7.11 Å². The van der Waals surface area contributed by atoms with E-state index < -0.39 is 0 Å². The number of hydrogen-bond donors (Lipinski definition) is 0. The van der Waals surface area contributed by atoms with Crippen LogP contribution in [0.5, 0.6) is 11.5 Å². The lowest BCUT2D eigenvalue weighted by atomic mass is 9.89. The van der Waals surface area contributed by atoms with Gasteiger partial charge in [0.05, 0.1) is 25.1 Å². The van der Waals surface area contributed by atoms with Gasteiger partial charge in [-0.05, 0) is 49.7 Å². The van der Waals surface area contributed by atoms with Crippen molar-refractivity contribution in [1.82, 2.24) is 0 Å². The molecule has 4 rings (SSSR count). The molecule has 2 aliphatic heterocycles. The van der Waals surface area contributed by atoms with Gasteiger partial charge < -0.3 is 9.47 Å². The molecule has 0 radical (unpaired) electrons. The zero-order valence-corrected chi connectivity index (χ0v) is 14.4. The lowest BCUT2D eigenvalue weighted by molar-refractivity contribution is -0.119. The van der Waals surface area contributed by atoms with E-state index in [-0.39, 0.29) is 11.8 Å². The second-order valence-corrected chi connectivity index (χ2v) is 6.43. The van der Waals surface area contributed by atoms with E-state index in [4.69, 9.17) is 14.6 Å². The predicted octanol–water partition coefficient (Wildman–Crippen LogP) is 3.54. The van der Waals surface area contributed by atoms with Gasteiger partial charge in [-0.3, -0.25) is 4.79 Å². The smallest absolute Gasteiger partial charge is 0.248 e. The summed E-state index contributed by atoms with van der Waals surface area (Å²) in [5.41, 5.74) is 3.83.